The summed E-state index contributed by atoms with van der Waals surface area (Å²) in [5, 5.41) is 38.3. The average Bonchev–Trinajstić information content (AvgIpc) is 3.76. The van der Waals surface area contributed by atoms with Gasteiger partial charge in [0, 0.05) is 29.2 Å². The molecular formula is C32H32N6O2S. The minimum atomic E-state index is -0.0595. The fraction of sp³-hybridized carbons (Fsp3) is 0.344. The first-order valence-electron chi connectivity index (χ1n) is 13.7. The molecule has 3 aromatic rings. The molecule has 8 nitrogen and oxygen atoms in total. The summed E-state index contributed by atoms with van der Waals surface area (Å²) in [7, 11) is 0. The molecule has 208 valence electrons. The highest BCUT2D eigenvalue weighted by atomic mass is 32.1. The second-order valence-electron chi connectivity index (χ2n) is 9.66. The maximum atomic E-state index is 10.2. The number of hydrogen-bond donors (Lipinski definition) is 0. The van der Waals surface area contributed by atoms with Gasteiger partial charge in [-0.15, -0.1) is 21.6 Å². The first-order chi connectivity index (χ1) is 20.0. The van der Waals surface area contributed by atoms with Crippen LogP contribution in [0.2, 0.25) is 0 Å². The number of unbranched alkanes of at least 4 members (excludes halogenated alkanes) is 2. The Kier molecular flexibility index (Phi) is 10.2. The van der Waals surface area contributed by atoms with Gasteiger partial charge in [-0.25, -0.2) is 0 Å². The van der Waals surface area contributed by atoms with Gasteiger partial charge < -0.3 is 14.4 Å². The van der Waals surface area contributed by atoms with E-state index < -0.39 is 0 Å². The number of anilines is 1. The van der Waals surface area contributed by atoms with Crippen molar-refractivity contribution in [2.45, 2.75) is 46.1 Å². The van der Waals surface area contributed by atoms with E-state index in [4.69, 9.17) is 9.47 Å². The normalized spacial score (nSPS) is 13.7. The highest BCUT2D eigenvalue weighted by Crippen LogP contribution is 2.44. The van der Waals surface area contributed by atoms with Gasteiger partial charge in [-0.1, -0.05) is 31.9 Å². The minimum absolute atomic E-state index is 0.0595. The first-order valence-corrected chi connectivity index (χ1v) is 14.5. The molecule has 0 bridgehead atoms. The smallest absolute Gasteiger partial charge is 0.157 e. The van der Waals surface area contributed by atoms with Crippen molar-refractivity contribution in [2.24, 2.45) is 10.2 Å². The highest BCUT2D eigenvalue weighted by Gasteiger charge is 2.23. The molecule has 4 rings (SSSR count). The highest BCUT2D eigenvalue weighted by molar-refractivity contribution is 7.17. The Morgan fingerprint density at radius 2 is 1.85 bits per heavy atom. The second kappa shape index (κ2) is 14.2. The SMILES string of the molecule is CCCCCN(CC)c1ccc(N=Nc2sc(C=C(C#N)C#N)c(-c3ccc(OC[C@H]4CO4)cc3)c2C#N)c(C)c1. The Morgan fingerprint density at radius 3 is 2.46 bits per heavy atom. The number of nitriles is 3. The fourth-order valence-corrected chi connectivity index (χ4v) is 5.40. The molecule has 1 aromatic heterocycles. The molecule has 0 saturated carbocycles. The predicted octanol–water partition coefficient (Wildman–Crippen LogP) is 8.24. The Morgan fingerprint density at radius 1 is 1.10 bits per heavy atom. The molecule has 1 saturated heterocycles. The van der Waals surface area contributed by atoms with Crippen LogP contribution in [0.1, 0.15) is 49.1 Å². The summed E-state index contributed by atoms with van der Waals surface area (Å²) in [5.41, 5.74) is 4.48. The van der Waals surface area contributed by atoms with Crippen LogP contribution in [0, 0.1) is 40.9 Å². The van der Waals surface area contributed by atoms with Gasteiger partial charge >= 0.3 is 0 Å². The summed E-state index contributed by atoms with van der Waals surface area (Å²) in [6.07, 6.45) is 5.19. The van der Waals surface area contributed by atoms with Crippen LogP contribution in [0.15, 0.2) is 58.3 Å². The number of nitrogens with zero attached hydrogens (tertiary/aromatic N) is 6. The summed E-state index contributed by atoms with van der Waals surface area (Å²) in [6.45, 7) is 9.51. The number of azo groups is 1. The van der Waals surface area contributed by atoms with Crippen LogP contribution in [-0.2, 0) is 4.74 Å². The van der Waals surface area contributed by atoms with E-state index in [0.717, 1.165) is 36.3 Å². The number of hydrogen-bond acceptors (Lipinski definition) is 9. The van der Waals surface area contributed by atoms with Gasteiger partial charge in [0.25, 0.3) is 0 Å². The number of epoxide rings is 1. The molecule has 0 aliphatic carbocycles. The van der Waals surface area contributed by atoms with Crippen LogP contribution < -0.4 is 9.64 Å². The van der Waals surface area contributed by atoms with Crippen molar-refractivity contribution in [3.05, 3.63) is 64.0 Å². The molecule has 0 radical (unpaired) electrons. The fourth-order valence-electron chi connectivity index (χ4n) is 4.36. The molecule has 0 amide bonds. The lowest BCUT2D eigenvalue weighted by molar-refractivity contribution is 0.263. The summed E-state index contributed by atoms with van der Waals surface area (Å²) in [4.78, 5) is 2.95. The van der Waals surface area contributed by atoms with E-state index in [-0.39, 0.29) is 11.7 Å². The van der Waals surface area contributed by atoms with Gasteiger partial charge in [0.15, 0.2) is 5.00 Å². The molecular weight excluding hydrogens is 532 g/mol. The van der Waals surface area contributed by atoms with Crippen molar-refractivity contribution >= 4 is 33.8 Å². The first kappa shape index (κ1) is 29.5. The van der Waals surface area contributed by atoms with E-state index in [1.165, 1.54) is 30.3 Å². The maximum absolute atomic E-state index is 10.2. The van der Waals surface area contributed by atoms with Gasteiger partial charge in [0.2, 0.25) is 0 Å². The number of ether oxygens (including phenoxy) is 2. The molecule has 41 heavy (non-hydrogen) atoms. The average molecular weight is 565 g/mol. The Hall–Kier alpha value is -4.49. The zero-order valence-electron chi connectivity index (χ0n) is 23.6. The second-order valence-corrected chi connectivity index (χ2v) is 10.7. The number of benzene rings is 2. The van der Waals surface area contributed by atoms with Crippen molar-refractivity contribution in [3.63, 3.8) is 0 Å². The number of aryl methyl sites for hydroxylation is 1. The topological polar surface area (TPSA) is 121 Å². The quantitative estimate of drug-likeness (QED) is 0.0892. The Balaban J connectivity index is 1.66. The van der Waals surface area contributed by atoms with E-state index in [0.29, 0.717) is 45.7 Å². The van der Waals surface area contributed by atoms with Gasteiger partial charge in [-0.2, -0.15) is 15.8 Å². The molecule has 0 unspecified atom stereocenters. The molecule has 2 aromatic carbocycles. The minimum Gasteiger partial charge on any atom is -0.491 e. The molecule has 0 N–H and O–H groups in total. The number of thiophene rings is 1. The molecule has 1 aliphatic rings. The lowest BCUT2D eigenvalue weighted by Gasteiger charge is -2.23. The van der Waals surface area contributed by atoms with Crippen LogP contribution in [0.25, 0.3) is 17.2 Å². The molecule has 9 heteroatoms. The Labute approximate surface area is 245 Å². The zero-order valence-corrected chi connectivity index (χ0v) is 24.4. The third-order valence-electron chi connectivity index (χ3n) is 6.73. The molecule has 1 atom stereocenters. The van der Waals surface area contributed by atoms with E-state index in [1.807, 2.05) is 49.4 Å². The van der Waals surface area contributed by atoms with Crippen LogP contribution in [0.5, 0.6) is 5.75 Å². The van der Waals surface area contributed by atoms with Gasteiger partial charge in [-0.05, 0) is 67.8 Å². The number of rotatable bonds is 13. The van der Waals surface area contributed by atoms with Gasteiger partial charge in [-0.3, -0.25) is 0 Å². The standard InChI is InChI=1S/C32H32N6O2S/c1-4-6-7-14-38(5-2)25-10-13-29(22(3)15-25)36-37-32-28(19-35)31(30(41-32)16-23(17-33)18-34)24-8-11-26(12-9-24)39-20-27-21-40-27/h8-13,15-16,27H,4-7,14,20-21H2,1-3H3/t27-/m0/s1. The Bertz CT molecular complexity index is 1530. The van der Waals surface area contributed by atoms with Crippen LogP contribution in [-0.4, -0.2) is 32.4 Å². The largest absolute Gasteiger partial charge is 0.491 e. The van der Waals surface area contributed by atoms with Gasteiger partial charge in [0.1, 0.15) is 42.2 Å². The maximum Gasteiger partial charge on any atom is 0.157 e. The molecule has 1 fully saturated rings. The van der Waals surface area contributed by atoms with E-state index in [1.54, 1.807) is 0 Å². The summed E-state index contributed by atoms with van der Waals surface area (Å²) in [5.74, 6) is 0.690. The third-order valence-corrected chi connectivity index (χ3v) is 7.75. The molecule has 2 heterocycles. The van der Waals surface area contributed by atoms with Gasteiger partial charge in [0.05, 0.1) is 17.9 Å². The molecule has 0 spiro atoms. The summed E-state index contributed by atoms with van der Waals surface area (Å²) in [6, 6.07) is 19.6. The summed E-state index contributed by atoms with van der Waals surface area (Å²) < 4.78 is 10.9. The van der Waals surface area contributed by atoms with Crippen molar-refractivity contribution in [1.29, 1.82) is 15.8 Å². The van der Waals surface area contributed by atoms with E-state index >= 15 is 0 Å². The predicted molar refractivity (Wildman–Crippen MR) is 162 cm³/mol. The lowest BCUT2D eigenvalue weighted by atomic mass is 10.0. The monoisotopic (exact) mass is 564 g/mol. The lowest BCUT2D eigenvalue weighted by Crippen LogP contribution is -2.23. The van der Waals surface area contributed by atoms with Crippen molar-refractivity contribution in [1.82, 2.24) is 0 Å². The summed E-state index contributed by atoms with van der Waals surface area (Å²) >= 11 is 1.22. The third kappa shape index (κ3) is 7.58. The van der Waals surface area contributed by atoms with Crippen LogP contribution in [0.4, 0.5) is 16.4 Å². The van der Waals surface area contributed by atoms with E-state index in [9.17, 15) is 15.8 Å². The van der Waals surface area contributed by atoms with Crippen LogP contribution >= 0.6 is 11.3 Å². The van der Waals surface area contributed by atoms with Crippen molar-refractivity contribution in [3.8, 4) is 35.1 Å². The molecule has 1 aliphatic heterocycles. The van der Waals surface area contributed by atoms with Crippen LogP contribution in [0.3, 0.4) is 0 Å². The zero-order chi connectivity index (χ0) is 29.2. The van der Waals surface area contributed by atoms with E-state index in [2.05, 4.69) is 47.2 Å². The van der Waals surface area contributed by atoms with Crippen molar-refractivity contribution < 1.29 is 9.47 Å². The number of allylic oxidation sites excluding steroid dienone is 1. The van der Waals surface area contributed by atoms with Crippen molar-refractivity contribution in [2.75, 3.05) is 31.2 Å².